The number of hydrogen-bond donors (Lipinski definition) is 1. The van der Waals surface area contributed by atoms with Crippen molar-refractivity contribution in [1.29, 1.82) is 0 Å². The molecule has 1 N–H and O–H groups in total. The summed E-state index contributed by atoms with van der Waals surface area (Å²) in [5.74, 6) is 0.675. The molecular formula is C12H16O4. The van der Waals surface area contributed by atoms with E-state index in [0.717, 1.165) is 11.3 Å². The van der Waals surface area contributed by atoms with Crippen molar-refractivity contribution in [2.45, 2.75) is 19.8 Å². The average Bonchev–Trinajstić information content (AvgIpc) is 2.26. The second-order valence-corrected chi connectivity index (χ2v) is 3.48. The molecule has 0 fully saturated rings. The van der Waals surface area contributed by atoms with Crippen LogP contribution in [0.3, 0.4) is 0 Å². The second-order valence-electron chi connectivity index (χ2n) is 3.48. The van der Waals surface area contributed by atoms with Crippen molar-refractivity contribution >= 4 is 5.97 Å². The Balaban J connectivity index is 2.45. The summed E-state index contributed by atoms with van der Waals surface area (Å²) < 4.78 is 10.6. The SMILES string of the molecule is COc1cc(OCCCC(=O)O)ccc1C. The molecule has 1 rings (SSSR count). The molecule has 0 atom stereocenters. The molecule has 0 heterocycles. The summed E-state index contributed by atoms with van der Waals surface area (Å²) in [6.45, 7) is 2.35. The Morgan fingerprint density at radius 2 is 2.19 bits per heavy atom. The van der Waals surface area contributed by atoms with Gasteiger partial charge in [-0.1, -0.05) is 6.07 Å². The number of carboxylic acid groups (broad SMARTS) is 1. The Hall–Kier alpha value is -1.71. The van der Waals surface area contributed by atoms with Gasteiger partial charge in [-0.25, -0.2) is 0 Å². The van der Waals surface area contributed by atoms with Crippen LogP contribution in [-0.4, -0.2) is 24.8 Å². The Morgan fingerprint density at radius 1 is 1.44 bits per heavy atom. The zero-order valence-corrected chi connectivity index (χ0v) is 9.53. The fourth-order valence-corrected chi connectivity index (χ4v) is 1.30. The van der Waals surface area contributed by atoms with Crippen LogP contribution in [0.15, 0.2) is 18.2 Å². The Kier molecular flexibility index (Phi) is 4.64. The van der Waals surface area contributed by atoms with E-state index in [-0.39, 0.29) is 6.42 Å². The topological polar surface area (TPSA) is 55.8 Å². The summed E-state index contributed by atoms with van der Waals surface area (Å²) >= 11 is 0. The number of carbonyl (C=O) groups is 1. The molecule has 0 unspecified atom stereocenters. The van der Waals surface area contributed by atoms with Crippen LogP contribution in [0.1, 0.15) is 18.4 Å². The zero-order valence-electron chi connectivity index (χ0n) is 9.53. The highest BCUT2D eigenvalue weighted by Crippen LogP contribution is 2.23. The third-order valence-electron chi connectivity index (χ3n) is 2.18. The van der Waals surface area contributed by atoms with Crippen molar-refractivity contribution in [3.8, 4) is 11.5 Å². The molecule has 1 aromatic carbocycles. The smallest absolute Gasteiger partial charge is 0.303 e. The van der Waals surface area contributed by atoms with Gasteiger partial charge in [0, 0.05) is 12.5 Å². The molecule has 1 aromatic rings. The van der Waals surface area contributed by atoms with Gasteiger partial charge in [-0.05, 0) is 25.0 Å². The summed E-state index contributed by atoms with van der Waals surface area (Å²) in [6, 6.07) is 5.56. The number of aliphatic carboxylic acids is 1. The van der Waals surface area contributed by atoms with Crippen molar-refractivity contribution in [2.75, 3.05) is 13.7 Å². The normalized spacial score (nSPS) is 9.88. The van der Waals surface area contributed by atoms with Crippen molar-refractivity contribution in [3.05, 3.63) is 23.8 Å². The maximum Gasteiger partial charge on any atom is 0.303 e. The lowest BCUT2D eigenvalue weighted by atomic mass is 10.2. The minimum Gasteiger partial charge on any atom is -0.496 e. The highest BCUT2D eigenvalue weighted by Gasteiger charge is 2.02. The van der Waals surface area contributed by atoms with Gasteiger partial charge in [0.15, 0.2) is 0 Å². The van der Waals surface area contributed by atoms with Crippen molar-refractivity contribution < 1.29 is 19.4 Å². The van der Waals surface area contributed by atoms with Crippen molar-refractivity contribution in [2.24, 2.45) is 0 Å². The van der Waals surface area contributed by atoms with Crippen LogP contribution in [0.4, 0.5) is 0 Å². The molecule has 0 aliphatic rings. The van der Waals surface area contributed by atoms with Gasteiger partial charge >= 0.3 is 5.97 Å². The molecular weight excluding hydrogens is 208 g/mol. The molecule has 4 heteroatoms. The third-order valence-corrected chi connectivity index (χ3v) is 2.18. The molecule has 0 amide bonds. The number of aryl methyl sites for hydroxylation is 1. The van der Waals surface area contributed by atoms with E-state index in [4.69, 9.17) is 14.6 Å². The average molecular weight is 224 g/mol. The van der Waals surface area contributed by atoms with E-state index < -0.39 is 5.97 Å². The van der Waals surface area contributed by atoms with Crippen LogP contribution >= 0.6 is 0 Å². The summed E-state index contributed by atoms with van der Waals surface area (Å²) in [5, 5.41) is 8.45. The summed E-state index contributed by atoms with van der Waals surface area (Å²) in [7, 11) is 1.61. The van der Waals surface area contributed by atoms with E-state index in [1.165, 1.54) is 0 Å². The van der Waals surface area contributed by atoms with Crippen LogP contribution in [0.25, 0.3) is 0 Å². The van der Waals surface area contributed by atoms with Gasteiger partial charge < -0.3 is 14.6 Å². The van der Waals surface area contributed by atoms with E-state index in [1.807, 2.05) is 19.1 Å². The van der Waals surface area contributed by atoms with E-state index in [1.54, 1.807) is 13.2 Å². The Labute approximate surface area is 94.8 Å². The second kappa shape index (κ2) is 6.00. The number of methoxy groups -OCH3 is 1. The Bertz CT molecular complexity index is 360. The molecule has 0 radical (unpaired) electrons. The van der Waals surface area contributed by atoms with Gasteiger partial charge in [0.25, 0.3) is 0 Å². The number of ether oxygens (including phenoxy) is 2. The number of carboxylic acids is 1. The molecule has 0 aromatic heterocycles. The molecule has 88 valence electrons. The zero-order chi connectivity index (χ0) is 12.0. The summed E-state index contributed by atoms with van der Waals surface area (Å²) in [6.07, 6.45) is 0.633. The van der Waals surface area contributed by atoms with E-state index >= 15 is 0 Å². The highest BCUT2D eigenvalue weighted by molar-refractivity contribution is 5.66. The van der Waals surface area contributed by atoms with Crippen molar-refractivity contribution in [3.63, 3.8) is 0 Å². The first-order valence-corrected chi connectivity index (χ1v) is 5.12. The summed E-state index contributed by atoms with van der Waals surface area (Å²) in [5.41, 5.74) is 1.04. The summed E-state index contributed by atoms with van der Waals surface area (Å²) in [4.78, 5) is 10.3. The molecule has 0 spiro atoms. The van der Waals surface area contributed by atoms with E-state index in [0.29, 0.717) is 18.8 Å². The van der Waals surface area contributed by atoms with Crippen LogP contribution in [0, 0.1) is 6.92 Å². The van der Waals surface area contributed by atoms with E-state index in [2.05, 4.69) is 0 Å². The van der Waals surface area contributed by atoms with Crippen LogP contribution in [0.2, 0.25) is 0 Å². The number of hydrogen-bond acceptors (Lipinski definition) is 3. The lowest BCUT2D eigenvalue weighted by molar-refractivity contribution is -0.137. The molecule has 0 saturated heterocycles. The first kappa shape index (κ1) is 12.4. The molecule has 0 aliphatic carbocycles. The first-order valence-electron chi connectivity index (χ1n) is 5.12. The predicted molar refractivity (Wildman–Crippen MR) is 60.1 cm³/mol. The van der Waals surface area contributed by atoms with Gasteiger partial charge in [0.1, 0.15) is 11.5 Å². The van der Waals surface area contributed by atoms with Gasteiger partial charge in [0.05, 0.1) is 13.7 Å². The molecule has 4 nitrogen and oxygen atoms in total. The fraction of sp³-hybridized carbons (Fsp3) is 0.417. The standard InChI is InChI=1S/C12H16O4/c1-9-5-6-10(8-11(9)15-2)16-7-3-4-12(13)14/h5-6,8H,3-4,7H2,1-2H3,(H,13,14). The number of benzene rings is 1. The lowest BCUT2D eigenvalue weighted by Gasteiger charge is -2.09. The van der Waals surface area contributed by atoms with Crippen LogP contribution < -0.4 is 9.47 Å². The first-order chi connectivity index (χ1) is 7.63. The van der Waals surface area contributed by atoms with E-state index in [9.17, 15) is 4.79 Å². The number of rotatable bonds is 6. The molecule has 0 saturated carbocycles. The minimum absolute atomic E-state index is 0.128. The molecule has 0 bridgehead atoms. The van der Waals surface area contributed by atoms with Crippen molar-refractivity contribution in [1.82, 2.24) is 0 Å². The third kappa shape index (κ3) is 3.81. The lowest BCUT2D eigenvalue weighted by Crippen LogP contribution is -2.02. The quantitative estimate of drug-likeness (QED) is 0.753. The van der Waals surface area contributed by atoms with Gasteiger partial charge in [-0.2, -0.15) is 0 Å². The monoisotopic (exact) mass is 224 g/mol. The Morgan fingerprint density at radius 3 is 2.81 bits per heavy atom. The van der Waals surface area contributed by atoms with Gasteiger partial charge in [-0.3, -0.25) is 4.79 Å². The molecule has 16 heavy (non-hydrogen) atoms. The maximum atomic E-state index is 10.3. The molecule has 0 aliphatic heterocycles. The maximum absolute atomic E-state index is 10.3. The van der Waals surface area contributed by atoms with Gasteiger partial charge in [-0.15, -0.1) is 0 Å². The van der Waals surface area contributed by atoms with Crippen LogP contribution in [-0.2, 0) is 4.79 Å². The van der Waals surface area contributed by atoms with Gasteiger partial charge in [0.2, 0.25) is 0 Å². The fourth-order valence-electron chi connectivity index (χ4n) is 1.30. The largest absolute Gasteiger partial charge is 0.496 e. The highest BCUT2D eigenvalue weighted by atomic mass is 16.5. The minimum atomic E-state index is -0.801. The predicted octanol–water partition coefficient (Wildman–Crippen LogP) is 2.25. The van der Waals surface area contributed by atoms with Crippen LogP contribution in [0.5, 0.6) is 11.5 Å².